The van der Waals surface area contributed by atoms with E-state index in [4.69, 9.17) is 11.6 Å². The predicted octanol–water partition coefficient (Wildman–Crippen LogP) is 4.89. The lowest BCUT2D eigenvalue weighted by atomic mass is 10.2. The van der Waals surface area contributed by atoms with Crippen molar-refractivity contribution in [1.29, 1.82) is 0 Å². The number of anilines is 1. The Morgan fingerprint density at radius 2 is 1.96 bits per heavy atom. The van der Waals surface area contributed by atoms with Crippen LogP contribution < -0.4 is 4.90 Å². The lowest BCUT2D eigenvalue weighted by molar-refractivity contribution is -0.114. The molecule has 0 saturated heterocycles. The normalized spacial score (nSPS) is 11.3. The van der Waals surface area contributed by atoms with Crippen LogP contribution in [0, 0.1) is 0 Å². The molecule has 4 aromatic rings. The largest absolute Gasteiger partial charge is 0.283 e. The first-order valence-corrected chi connectivity index (χ1v) is 9.97. The highest BCUT2D eigenvalue weighted by atomic mass is 35.5. The number of rotatable bonds is 6. The number of thiazole rings is 1. The fourth-order valence-electron chi connectivity index (χ4n) is 2.77. The van der Waals surface area contributed by atoms with Crippen molar-refractivity contribution in [2.45, 2.75) is 6.54 Å². The molecule has 7 heteroatoms. The number of carbonyl (C=O) groups is 1. The molecular formula is C21H17ClN4OS. The van der Waals surface area contributed by atoms with Crippen LogP contribution in [0.15, 0.2) is 73.1 Å². The average molecular weight is 409 g/mol. The van der Waals surface area contributed by atoms with Gasteiger partial charge < -0.3 is 0 Å². The molecule has 0 bridgehead atoms. The lowest BCUT2D eigenvalue weighted by Gasteiger charge is -2.18. The number of hydrogen-bond donors (Lipinski definition) is 0. The van der Waals surface area contributed by atoms with Gasteiger partial charge in [0.1, 0.15) is 0 Å². The minimum Gasteiger partial charge on any atom is -0.283 e. The molecule has 0 spiro atoms. The van der Waals surface area contributed by atoms with E-state index in [2.05, 4.69) is 10.1 Å². The molecule has 2 heterocycles. The first-order chi connectivity index (χ1) is 13.7. The molecule has 1 amide bonds. The van der Waals surface area contributed by atoms with Crippen LogP contribution in [0.4, 0.5) is 5.13 Å². The molecule has 0 aliphatic carbocycles. The maximum Gasteiger partial charge on any atom is 0.252 e. The number of hydrogen-bond acceptors (Lipinski definition) is 4. The van der Waals surface area contributed by atoms with Crippen molar-refractivity contribution in [3.05, 3.63) is 83.7 Å². The highest BCUT2D eigenvalue weighted by Gasteiger charge is 2.18. The first-order valence-electron chi connectivity index (χ1n) is 8.78. The van der Waals surface area contributed by atoms with Crippen LogP contribution in [-0.2, 0) is 11.3 Å². The lowest BCUT2D eigenvalue weighted by Crippen LogP contribution is -2.32. The summed E-state index contributed by atoms with van der Waals surface area (Å²) in [4.78, 5) is 19.3. The number of benzene rings is 2. The van der Waals surface area contributed by atoms with Crippen LogP contribution >= 0.6 is 22.9 Å². The Bertz CT molecular complexity index is 1090. The van der Waals surface area contributed by atoms with Gasteiger partial charge in [-0.25, -0.2) is 4.98 Å². The fourth-order valence-corrected chi connectivity index (χ4v) is 3.97. The van der Waals surface area contributed by atoms with Crippen molar-refractivity contribution in [3.63, 3.8) is 0 Å². The van der Waals surface area contributed by atoms with E-state index < -0.39 is 0 Å². The molecule has 0 aliphatic heterocycles. The second kappa shape index (κ2) is 8.37. The third-order valence-corrected chi connectivity index (χ3v) is 5.61. The molecule has 0 aliphatic rings. The quantitative estimate of drug-likeness (QED) is 0.427. The van der Waals surface area contributed by atoms with Gasteiger partial charge in [0.15, 0.2) is 5.13 Å². The Labute approximate surface area is 171 Å². The van der Waals surface area contributed by atoms with Crippen molar-refractivity contribution in [1.82, 2.24) is 14.8 Å². The number of carbonyl (C=O) groups excluding carboxylic acids is 1. The highest BCUT2D eigenvalue weighted by molar-refractivity contribution is 7.22. The summed E-state index contributed by atoms with van der Waals surface area (Å²) in [5.41, 5.74) is 1.68. The summed E-state index contributed by atoms with van der Waals surface area (Å²) in [6.45, 7) is 1.04. The van der Waals surface area contributed by atoms with Gasteiger partial charge >= 0.3 is 0 Å². The molecule has 2 aromatic carbocycles. The molecule has 0 atom stereocenters. The predicted molar refractivity (Wildman–Crippen MR) is 115 cm³/mol. The summed E-state index contributed by atoms with van der Waals surface area (Å²) in [5, 5.41) is 5.49. The topological polar surface area (TPSA) is 51.0 Å². The zero-order chi connectivity index (χ0) is 19.3. The minimum absolute atomic E-state index is 0.147. The fraction of sp³-hybridized carbons (Fsp3) is 0.0952. The second-order valence-corrected chi connectivity index (χ2v) is 7.49. The van der Waals surface area contributed by atoms with Crippen LogP contribution in [-0.4, -0.2) is 27.2 Å². The van der Waals surface area contributed by atoms with E-state index in [0.717, 1.165) is 15.8 Å². The van der Waals surface area contributed by atoms with Crippen molar-refractivity contribution in [2.24, 2.45) is 0 Å². The highest BCUT2D eigenvalue weighted by Crippen LogP contribution is 2.29. The van der Waals surface area contributed by atoms with Crippen LogP contribution in [0.5, 0.6) is 0 Å². The summed E-state index contributed by atoms with van der Waals surface area (Å²) in [5.74, 6) is -0.147. The molecule has 28 heavy (non-hydrogen) atoms. The second-order valence-electron chi connectivity index (χ2n) is 6.08. The standard InChI is InChI=1S/C21H17ClN4OS/c22-17-7-2-1-6-16(17)10-11-20(27)26(15-14-25-13-5-12-23-25)21-24-18-8-3-4-9-19(18)28-21/h1-13H,14-15H2/b11-10+. The summed E-state index contributed by atoms with van der Waals surface area (Å²) in [6.07, 6.45) is 6.87. The van der Waals surface area contributed by atoms with Crippen molar-refractivity contribution >= 4 is 50.3 Å². The Hall–Kier alpha value is -2.96. The van der Waals surface area contributed by atoms with Crippen LogP contribution in [0.3, 0.4) is 0 Å². The van der Waals surface area contributed by atoms with Gasteiger partial charge in [-0.05, 0) is 35.9 Å². The third-order valence-electron chi connectivity index (χ3n) is 4.20. The van der Waals surface area contributed by atoms with Gasteiger partial charge in [0.05, 0.1) is 16.8 Å². The summed E-state index contributed by atoms with van der Waals surface area (Å²) in [7, 11) is 0. The molecule has 0 unspecified atom stereocenters. The maximum atomic E-state index is 13.0. The molecule has 0 fully saturated rings. The summed E-state index contributed by atoms with van der Waals surface area (Å²) in [6, 6.07) is 17.2. The number of para-hydroxylation sites is 1. The average Bonchev–Trinajstić information content (AvgIpc) is 3.37. The van der Waals surface area contributed by atoms with E-state index in [9.17, 15) is 4.79 Å². The van der Waals surface area contributed by atoms with Crippen LogP contribution in [0.25, 0.3) is 16.3 Å². The van der Waals surface area contributed by atoms with Gasteiger partial charge in [-0.1, -0.05) is 53.3 Å². The Morgan fingerprint density at radius 3 is 2.75 bits per heavy atom. The Balaban J connectivity index is 1.61. The van der Waals surface area contributed by atoms with E-state index in [1.807, 2.05) is 54.7 Å². The number of nitrogens with zero attached hydrogens (tertiary/aromatic N) is 4. The number of amides is 1. The van der Waals surface area contributed by atoms with E-state index in [-0.39, 0.29) is 5.91 Å². The molecule has 4 rings (SSSR count). The first kappa shape index (κ1) is 18.4. The van der Waals surface area contributed by atoms with Gasteiger partial charge in [-0.3, -0.25) is 14.4 Å². The monoisotopic (exact) mass is 408 g/mol. The third kappa shape index (κ3) is 4.13. The van der Waals surface area contributed by atoms with Crippen LogP contribution in [0.1, 0.15) is 5.56 Å². The molecule has 0 N–H and O–H groups in total. The molecular weight excluding hydrogens is 392 g/mol. The van der Waals surface area contributed by atoms with Gasteiger partial charge in [0.2, 0.25) is 0 Å². The zero-order valence-corrected chi connectivity index (χ0v) is 16.5. The van der Waals surface area contributed by atoms with Gasteiger partial charge in [-0.15, -0.1) is 0 Å². The number of aromatic nitrogens is 3. The summed E-state index contributed by atoms with van der Waals surface area (Å²) < 4.78 is 2.84. The minimum atomic E-state index is -0.147. The van der Waals surface area contributed by atoms with E-state index in [1.165, 1.54) is 17.4 Å². The van der Waals surface area contributed by atoms with E-state index >= 15 is 0 Å². The van der Waals surface area contributed by atoms with E-state index in [1.54, 1.807) is 27.9 Å². The van der Waals surface area contributed by atoms with E-state index in [0.29, 0.717) is 23.2 Å². The van der Waals surface area contributed by atoms with Crippen molar-refractivity contribution in [2.75, 3.05) is 11.4 Å². The zero-order valence-electron chi connectivity index (χ0n) is 14.9. The molecule has 0 saturated carbocycles. The Kier molecular flexibility index (Phi) is 5.50. The van der Waals surface area contributed by atoms with Crippen molar-refractivity contribution in [3.8, 4) is 0 Å². The number of halogens is 1. The Morgan fingerprint density at radius 1 is 1.14 bits per heavy atom. The number of fused-ring (bicyclic) bond motifs is 1. The smallest absolute Gasteiger partial charge is 0.252 e. The van der Waals surface area contributed by atoms with Gasteiger partial charge in [0, 0.05) is 30.0 Å². The van der Waals surface area contributed by atoms with Gasteiger partial charge in [-0.2, -0.15) is 5.10 Å². The molecule has 2 aromatic heterocycles. The SMILES string of the molecule is O=C(/C=C/c1ccccc1Cl)N(CCn1cccn1)c1nc2ccccc2s1. The molecule has 140 valence electrons. The van der Waals surface area contributed by atoms with Crippen LogP contribution in [0.2, 0.25) is 5.02 Å². The van der Waals surface area contributed by atoms with Crippen molar-refractivity contribution < 1.29 is 4.79 Å². The maximum absolute atomic E-state index is 13.0. The van der Waals surface area contributed by atoms with Gasteiger partial charge in [0.25, 0.3) is 5.91 Å². The summed E-state index contributed by atoms with van der Waals surface area (Å²) >= 11 is 7.69. The molecule has 0 radical (unpaired) electrons. The molecule has 5 nitrogen and oxygen atoms in total.